The van der Waals surface area contributed by atoms with Crippen molar-refractivity contribution < 1.29 is 17.9 Å². The number of fused-ring (bicyclic) bond motifs is 2. The van der Waals surface area contributed by atoms with Crippen molar-refractivity contribution in [2.75, 3.05) is 7.11 Å². The highest BCUT2D eigenvalue weighted by molar-refractivity contribution is 9.18. The third-order valence-electron chi connectivity index (χ3n) is 5.21. The lowest BCUT2D eigenvalue weighted by Crippen LogP contribution is -2.50. The fourth-order valence-corrected chi connectivity index (χ4v) is 4.92. The SMILES string of the molecule is COc1ccc(C(C)(C)C)cc1C1=C2C=CC(Br)=[N+]2[B-](F)(F)n2c(Br)ccc21. The summed E-state index contributed by atoms with van der Waals surface area (Å²) < 4.78 is 39.2. The first-order valence-electron chi connectivity index (χ1n) is 8.90. The van der Waals surface area contributed by atoms with Crippen molar-refractivity contribution in [1.82, 2.24) is 4.48 Å². The molecule has 0 radical (unpaired) electrons. The molecule has 1 aromatic heterocycles. The van der Waals surface area contributed by atoms with E-state index in [1.54, 1.807) is 31.4 Å². The minimum atomic E-state index is -4.04. The largest absolute Gasteiger partial charge is 0.738 e. The highest BCUT2D eigenvalue weighted by atomic mass is 79.9. The van der Waals surface area contributed by atoms with Crippen LogP contribution in [0.1, 0.15) is 37.6 Å². The Balaban J connectivity index is 2.11. The molecule has 2 aromatic rings. The van der Waals surface area contributed by atoms with E-state index in [1.165, 1.54) is 0 Å². The van der Waals surface area contributed by atoms with Gasteiger partial charge in [0, 0.05) is 39.3 Å². The number of methoxy groups -OCH3 is 1. The van der Waals surface area contributed by atoms with E-state index in [1.807, 2.05) is 18.2 Å². The molecule has 0 atom stereocenters. The molecule has 146 valence electrons. The summed E-state index contributed by atoms with van der Waals surface area (Å²) >= 11 is 6.60. The number of hydrogen-bond acceptors (Lipinski definition) is 1. The predicted octanol–water partition coefficient (Wildman–Crippen LogP) is 5.93. The second-order valence-corrected chi connectivity index (χ2v) is 9.58. The molecule has 28 heavy (non-hydrogen) atoms. The molecular formula is C20H19BBr2F2N2O. The van der Waals surface area contributed by atoms with Crippen molar-refractivity contribution in [2.24, 2.45) is 0 Å². The van der Waals surface area contributed by atoms with E-state index in [9.17, 15) is 0 Å². The second kappa shape index (κ2) is 6.42. The number of rotatable bonds is 2. The van der Waals surface area contributed by atoms with Gasteiger partial charge in [0.05, 0.1) is 17.3 Å². The van der Waals surface area contributed by atoms with Crippen molar-refractivity contribution in [3.8, 4) is 5.75 Å². The van der Waals surface area contributed by atoms with Crippen LogP contribution in [0.2, 0.25) is 0 Å². The van der Waals surface area contributed by atoms with Crippen molar-refractivity contribution in [3.05, 3.63) is 69.6 Å². The number of allylic oxidation sites excluding steroid dienone is 2. The molecule has 2 aliphatic heterocycles. The molecule has 0 saturated heterocycles. The van der Waals surface area contributed by atoms with Gasteiger partial charge in [0.2, 0.25) is 4.62 Å². The Hall–Kier alpha value is -1.67. The summed E-state index contributed by atoms with van der Waals surface area (Å²) in [6.45, 7) is 2.34. The third kappa shape index (κ3) is 2.76. The highest BCUT2D eigenvalue weighted by Crippen LogP contribution is 2.45. The molecule has 3 heterocycles. The highest BCUT2D eigenvalue weighted by Gasteiger charge is 2.54. The number of hydrogen-bond donors (Lipinski definition) is 0. The quantitative estimate of drug-likeness (QED) is 0.457. The van der Waals surface area contributed by atoms with Gasteiger partial charge in [-0.05, 0) is 51.2 Å². The Bertz CT molecular complexity index is 1090. The number of ether oxygens (including phenoxy) is 1. The first-order valence-corrected chi connectivity index (χ1v) is 10.5. The summed E-state index contributed by atoms with van der Waals surface area (Å²) in [4.78, 5) is 0. The van der Waals surface area contributed by atoms with Gasteiger partial charge in [0.25, 0.3) is 0 Å². The van der Waals surface area contributed by atoms with Crippen molar-refractivity contribution >= 4 is 49.0 Å². The molecule has 0 bridgehead atoms. The third-order valence-corrected chi connectivity index (χ3v) is 6.50. The number of halogens is 4. The van der Waals surface area contributed by atoms with Gasteiger partial charge in [0.15, 0.2) is 5.70 Å². The molecule has 0 saturated carbocycles. The number of benzene rings is 1. The lowest BCUT2D eigenvalue weighted by atomic mass is 9.82. The number of aromatic nitrogens is 1. The van der Waals surface area contributed by atoms with Crippen LogP contribution in [0.25, 0.3) is 5.57 Å². The molecule has 0 fully saturated rings. The molecule has 0 N–H and O–H groups in total. The Morgan fingerprint density at radius 3 is 2.43 bits per heavy atom. The fourth-order valence-electron chi connectivity index (χ4n) is 3.78. The summed E-state index contributed by atoms with van der Waals surface area (Å²) in [6, 6.07) is 9.36. The smallest absolute Gasteiger partial charge is 0.496 e. The van der Waals surface area contributed by atoms with E-state index in [-0.39, 0.29) is 5.41 Å². The molecule has 4 rings (SSSR count). The monoisotopic (exact) mass is 510 g/mol. The molecular weight excluding hydrogens is 493 g/mol. The summed E-state index contributed by atoms with van der Waals surface area (Å²) in [7, 11) is 1.60. The van der Waals surface area contributed by atoms with Gasteiger partial charge in [-0.25, -0.2) is 0 Å². The predicted molar refractivity (Wildman–Crippen MR) is 117 cm³/mol. The first-order chi connectivity index (χ1) is 13.1. The van der Waals surface area contributed by atoms with E-state index in [4.69, 9.17) is 4.74 Å². The Kier molecular flexibility index (Phi) is 4.51. The lowest BCUT2D eigenvalue weighted by molar-refractivity contribution is -0.358. The minimum Gasteiger partial charge on any atom is -0.496 e. The van der Waals surface area contributed by atoms with Gasteiger partial charge in [-0.1, -0.05) is 26.8 Å². The van der Waals surface area contributed by atoms with E-state index in [2.05, 4.69) is 52.6 Å². The van der Waals surface area contributed by atoms with E-state index in [0.29, 0.717) is 31.9 Å². The maximum atomic E-state index is 15.4. The van der Waals surface area contributed by atoms with Gasteiger partial charge < -0.3 is 22.3 Å². The van der Waals surface area contributed by atoms with Crippen LogP contribution in [-0.4, -0.2) is 27.7 Å². The van der Waals surface area contributed by atoms with Crippen LogP contribution in [0.15, 0.2) is 52.8 Å². The fraction of sp³-hybridized carbons (Fsp3) is 0.250. The second-order valence-electron chi connectivity index (χ2n) is 7.95. The van der Waals surface area contributed by atoms with Crippen LogP contribution in [0.4, 0.5) is 8.63 Å². The van der Waals surface area contributed by atoms with E-state index < -0.39 is 6.97 Å². The first kappa shape index (κ1) is 19.6. The minimum absolute atomic E-state index is 0.0880. The Labute approximate surface area is 179 Å². The molecule has 3 nitrogen and oxygen atoms in total. The average Bonchev–Trinajstić information content (AvgIpc) is 3.19. The van der Waals surface area contributed by atoms with Crippen LogP contribution >= 0.6 is 31.9 Å². The van der Waals surface area contributed by atoms with Gasteiger partial charge in [-0.15, -0.1) is 0 Å². The maximum absolute atomic E-state index is 15.4. The molecule has 2 aliphatic rings. The average molecular weight is 512 g/mol. The van der Waals surface area contributed by atoms with Crippen LogP contribution in [-0.2, 0) is 5.41 Å². The Morgan fingerprint density at radius 2 is 1.79 bits per heavy atom. The van der Waals surface area contributed by atoms with Gasteiger partial charge in [-0.2, -0.15) is 0 Å². The van der Waals surface area contributed by atoms with Gasteiger partial charge in [0.1, 0.15) is 5.75 Å². The Morgan fingerprint density at radius 1 is 1.07 bits per heavy atom. The maximum Gasteiger partial charge on any atom is 0.738 e. The van der Waals surface area contributed by atoms with E-state index >= 15 is 8.63 Å². The van der Waals surface area contributed by atoms with Gasteiger partial charge >= 0.3 is 6.97 Å². The van der Waals surface area contributed by atoms with E-state index in [0.717, 1.165) is 20.1 Å². The van der Waals surface area contributed by atoms with Crippen LogP contribution < -0.4 is 4.74 Å². The van der Waals surface area contributed by atoms with Gasteiger partial charge in [-0.3, -0.25) is 0 Å². The van der Waals surface area contributed by atoms with Crippen molar-refractivity contribution in [3.63, 3.8) is 0 Å². The topological polar surface area (TPSA) is 17.2 Å². The number of nitrogens with zero attached hydrogens (tertiary/aromatic N) is 2. The van der Waals surface area contributed by atoms with Crippen molar-refractivity contribution in [2.45, 2.75) is 26.2 Å². The summed E-state index contributed by atoms with van der Waals surface area (Å²) in [6.07, 6.45) is 3.38. The van der Waals surface area contributed by atoms with Crippen LogP contribution in [0.3, 0.4) is 0 Å². The standard InChI is InChI=1S/C20H19BBr2F2N2O/c1-20(2,3)12-5-8-16(28-4)13(11-12)19-14-6-9-17(22)26(14)21(24,25)27-15(19)7-10-18(27)23/h5-11H,1-4H3. The molecule has 1 aromatic carbocycles. The lowest BCUT2D eigenvalue weighted by Gasteiger charge is -2.32. The molecule has 0 amide bonds. The zero-order chi connectivity index (χ0) is 20.4. The molecule has 0 spiro atoms. The van der Waals surface area contributed by atoms with Crippen molar-refractivity contribution in [1.29, 1.82) is 0 Å². The zero-order valence-corrected chi connectivity index (χ0v) is 19.1. The zero-order valence-electron chi connectivity index (χ0n) is 15.9. The molecule has 8 heteroatoms. The van der Waals surface area contributed by atoms with Crippen LogP contribution in [0, 0.1) is 0 Å². The van der Waals surface area contributed by atoms with Crippen LogP contribution in [0.5, 0.6) is 5.75 Å². The molecule has 0 aliphatic carbocycles. The summed E-state index contributed by atoms with van der Waals surface area (Å²) in [5, 5.41) is 0. The molecule has 0 unspecified atom stereocenters. The summed E-state index contributed by atoms with van der Waals surface area (Å²) in [5.74, 6) is 0.647. The normalized spacial score (nSPS) is 17.9. The summed E-state index contributed by atoms with van der Waals surface area (Å²) in [5.41, 5.74) is 3.44.